The maximum absolute atomic E-state index is 12.7. The third-order valence-corrected chi connectivity index (χ3v) is 4.34. The van der Waals surface area contributed by atoms with Crippen molar-refractivity contribution >= 4 is 40.9 Å². The number of rotatable bonds is 6. The molecular formula is C21H22N4O5. The molecule has 1 heterocycles. The van der Waals surface area contributed by atoms with Crippen LogP contribution in [0.5, 0.6) is 0 Å². The molecule has 0 fully saturated rings. The van der Waals surface area contributed by atoms with Gasteiger partial charge in [-0.1, -0.05) is 30.3 Å². The first-order valence-electron chi connectivity index (χ1n) is 9.43. The van der Waals surface area contributed by atoms with Crippen molar-refractivity contribution in [1.82, 2.24) is 5.32 Å². The quantitative estimate of drug-likeness (QED) is 0.631. The largest absolute Gasteiger partial charge is 0.452 e. The molecule has 0 radical (unpaired) electrons. The van der Waals surface area contributed by atoms with Gasteiger partial charge in [-0.05, 0) is 31.2 Å². The molecule has 9 heteroatoms. The van der Waals surface area contributed by atoms with Crippen molar-refractivity contribution in [2.45, 2.75) is 19.4 Å². The van der Waals surface area contributed by atoms with Gasteiger partial charge in [-0.3, -0.25) is 19.3 Å². The summed E-state index contributed by atoms with van der Waals surface area (Å²) < 4.78 is 5.18. The lowest BCUT2D eigenvalue weighted by molar-refractivity contribution is -0.153. The van der Waals surface area contributed by atoms with E-state index in [0.717, 1.165) is 0 Å². The second-order valence-corrected chi connectivity index (χ2v) is 6.62. The molecule has 0 unspecified atom stereocenters. The van der Waals surface area contributed by atoms with Gasteiger partial charge in [0, 0.05) is 12.2 Å². The lowest BCUT2D eigenvalue weighted by Crippen LogP contribution is -2.47. The monoisotopic (exact) mass is 410 g/mol. The summed E-state index contributed by atoms with van der Waals surface area (Å²) >= 11 is 0. The number of carbonyl (C=O) groups is 4. The van der Waals surface area contributed by atoms with E-state index in [1.807, 2.05) is 6.07 Å². The molecule has 3 N–H and O–H groups in total. The van der Waals surface area contributed by atoms with Crippen molar-refractivity contribution in [2.24, 2.45) is 0 Å². The second kappa shape index (κ2) is 9.55. The Kier molecular flexibility index (Phi) is 6.63. The van der Waals surface area contributed by atoms with Gasteiger partial charge in [0.2, 0.25) is 5.91 Å². The number of fused-ring (bicyclic) bond motifs is 1. The third kappa shape index (κ3) is 5.34. The van der Waals surface area contributed by atoms with Gasteiger partial charge in [0.25, 0.3) is 5.91 Å². The van der Waals surface area contributed by atoms with Crippen molar-refractivity contribution < 1.29 is 23.9 Å². The van der Waals surface area contributed by atoms with E-state index in [1.54, 1.807) is 48.5 Å². The van der Waals surface area contributed by atoms with Crippen molar-refractivity contribution in [2.75, 3.05) is 28.6 Å². The number of carbonyl (C=O) groups excluding carboxylic acids is 4. The Labute approximate surface area is 173 Å². The summed E-state index contributed by atoms with van der Waals surface area (Å²) in [4.78, 5) is 49.7. The van der Waals surface area contributed by atoms with Crippen LogP contribution in [-0.4, -0.2) is 43.0 Å². The zero-order valence-electron chi connectivity index (χ0n) is 16.4. The molecule has 2 aromatic rings. The molecule has 0 bridgehead atoms. The highest BCUT2D eigenvalue weighted by atomic mass is 16.5. The zero-order chi connectivity index (χ0) is 21.5. The van der Waals surface area contributed by atoms with Crippen LogP contribution in [0.3, 0.4) is 0 Å². The Morgan fingerprint density at radius 2 is 1.80 bits per heavy atom. The van der Waals surface area contributed by atoms with Gasteiger partial charge in [-0.2, -0.15) is 0 Å². The molecule has 1 aliphatic heterocycles. The highest BCUT2D eigenvalue weighted by molar-refractivity contribution is 6.11. The molecule has 0 spiro atoms. The first-order valence-corrected chi connectivity index (χ1v) is 9.43. The van der Waals surface area contributed by atoms with Gasteiger partial charge in [0.1, 0.15) is 6.54 Å². The van der Waals surface area contributed by atoms with Crippen molar-refractivity contribution in [1.29, 1.82) is 0 Å². The van der Waals surface area contributed by atoms with Crippen molar-refractivity contribution in [3.05, 3.63) is 54.6 Å². The number of para-hydroxylation sites is 3. The van der Waals surface area contributed by atoms with Gasteiger partial charge in [0.05, 0.1) is 17.8 Å². The fourth-order valence-electron chi connectivity index (χ4n) is 2.93. The Hall–Kier alpha value is -3.88. The third-order valence-electron chi connectivity index (χ3n) is 4.34. The maximum atomic E-state index is 12.7. The van der Waals surface area contributed by atoms with Crippen molar-refractivity contribution in [3.63, 3.8) is 0 Å². The minimum absolute atomic E-state index is 0.0490. The molecule has 4 amide bonds. The van der Waals surface area contributed by atoms with Gasteiger partial charge >= 0.3 is 12.0 Å². The number of hydrogen-bond acceptors (Lipinski definition) is 5. The molecule has 0 saturated heterocycles. The first kappa shape index (κ1) is 20.8. The number of amides is 4. The molecule has 0 saturated carbocycles. The number of benzene rings is 2. The van der Waals surface area contributed by atoms with Crippen molar-refractivity contribution in [3.8, 4) is 0 Å². The predicted molar refractivity (Wildman–Crippen MR) is 111 cm³/mol. The van der Waals surface area contributed by atoms with Crippen LogP contribution in [-0.2, 0) is 19.1 Å². The molecule has 1 aliphatic rings. The number of anilines is 3. The average molecular weight is 410 g/mol. The number of urea groups is 1. The number of nitrogens with zero attached hydrogens (tertiary/aromatic N) is 1. The van der Waals surface area contributed by atoms with E-state index in [9.17, 15) is 19.2 Å². The standard InChI is InChI=1S/C21H22N4O5/c1-14(20(28)25-13-18(26)24-16-9-5-6-10-17(16)25)30-19(27)11-12-22-21(29)23-15-7-3-2-4-8-15/h2-10,14H,11-13H2,1H3,(H,24,26)(H2,22,23,29)/t14-/m0/s1. The Bertz CT molecular complexity index is 947. The Morgan fingerprint density at radius 1 is 1.10 bits per heavy atom. The highest BCUT2D eigenvalue weighted by Gasteiger charge is 2.31. The first-order chi connectivity index (χ1) is 14.4. The van der Waals surface area contributed by atoms with Crippen LogP contribution in [0.1, 0.15) is 13.3 Å². The van der Waals surface area contributed by atoms with Crippen LogP contribution in [0.25, 0.3) is 0 Å². The number of esters is 1. The Balaban J connectivity index is 1.47. The summed E-state index contributed by atoms with van der Waals surface area (Å²) in [6.45, 7) is 1.34. The van der Waals surface area contributed by atoms with E-state index in [1.165, 1.54) is 11.8 Å². The van der Waals surface area contributed by atoms with E-state index < -0.39 is 24.0 Å². The van der Waals surface area contributed by atoms with Crippen LogP contribution in [0.2, 0.25) is 0 Å². The maximum Gasteiger partial charge on any atom is 0.319 e. The number of ether oxygens (including phenoxy) is 1. The van der Waals surface area contributed by atoms with Gasteiger partial charge in [0.15, 0.2) is 6.10 Å². The molecule has 2 aromatic carbocycles. The molecule has 30 heavy (non-hydrogen) atoms. The fourth-order valence-corrected chi connectivity index (χ4v) is 2.93. The smallest absolute Gasteiger partial charge is 0.319 e. The van der Waals surface area contributed by atoms with E-state index >= 15 is 0 Å². The van der Waals surface area contributed by atoms with E-state index in [-0.39, 0.29) is 25.4 Å². The summed E-state index contributed by atoms with van der Waals surface area (Å²) in [6.07, 6.45) is -1.17. The molecule has 9 nitrogen and oxygen atoms in total. The summed E-state index contributed by atoms with van der Waals surface area (Å²) in [6, 6.07) is 15.3. The van der Waals surface area contributed by atoms with Gasteiger partial charge in [-0.15, -0.1) is 0 Å². The van der Waals surface area contributed by atoms with Crippen LogP contribution in [0.4, 0.5) is 21.9 Å². The fraction of sp³-hybridized carbons (Fsp3) is 0.238. The predicted octanol–water partition coefficient (Wildman–Crippen LogP) is 2.12. The second-order valence-electron chi connectivity index (χ2n) is 6.62. The summed E-state index contributed by atoms with van der Waals surface area (Å²) in [7, 11) is 0. The molecule has 0 aromatic heterocycles. The van der Waals surface area contributed by atoms with Gasteiger partial charge in [-0.25, -0.2) is 4.79 Å². The van der Waals surface area contributed by atoms with E-state index in [0.29, 0.717) is 17.1 Å². The minimum atomic E-state index is -1.07. The summed E-state index contributed by atoms with van der Waals surface area (Å²) in [5.41, 5.74) is 1.70. The van der Waals surface area contributed by atoms with Gasteiger partial charge < -0.3 is 20.7 Å². The molecule has 0 aliphatic carbocycles. The number of nitrogens with one attached hydrogen (secondary N) is 3. The van der Waals surface area contributed by atoms with Crippen LogP contribution >= 0.6 is 0 Å². The normalized spacial score (nSPS) is 13.5. The lowest BCUT2D eigenvalue weighted by atomic mass is 10.1. The summed E-state index contributed by atoms with van der Waals surface area (Å²) in [5.74, 6) is -1.46. The topological polar surface area (TPSA) is 117 Å². The van der Waals surface area contributed by atoms with E-state index in [4.69, 9.17) is 4.74 Å². The molecule has 1 atom stereocenters. The van der Waals surface area contributed by atoms with Crippen LogP contribution in [0.15, 0.2) is 54.6 Å². The number of hydrogen-bond donors (Lipinski definition) is 3. The zero-order valence-corrected chi connectivity index (χ0v) is 16.4. The van der Waals surface area contributed by atoms with Crippen LogP contribution in [0, 0.1) is 0 Å². The lowest BCUT2D eigenvalue weighted by Gasteiger charge is -2.30. The molecular weight excluding hydrogens is 388 g/mol. The molecule has 3 rings (SSSR count). The molecule has 156 valence electrons. The van der Waals surface area contributed by atoms with E-state index in [2.05, 4.69) is 16.0 Å². The minimum Gasteiger partial charge on any atom is -0.452 e. The average Bonchev–Trinajstić information content (AvgIpc) is 2.73. The SMILES string of the molecule is C[C@H](OC(=O)CCNC(=O)Nc1ccccc1)C(=O)N1CC(=O)Nc2ccccc21. The Morgan fingerprint density at radius 3 is 2.57 bits per heavy atom. The van der Waals surface area contributed by atoms with Crippen LogP contribution < -0.4 is 20.9 Å². The highest BCUT2D eigenvalue weighted by Crippen LogP contribution is 2.29. The summed E-state index contributed by atoms with van der Waals surface area (Å²) in [5, 5.41) is 7.87.